The van der Waals surface area contributed by atoms with Crippen LogP contribution in [0.5, 0.6) is 0 Å². The van der Waals surface area contributed by atoms with Gasteiger partial charge in [-0.15, -0.1) is 0 Å². The molecule has 1 amide bonds. The fourth-order valence-corrected chi connectivity index (χ4v) is 2.30. The lowest BCUT2D eigenvalue weighted by Crippen LogP contribution is -2.52. The fourth-order valence-electron chi connectivity index (χ4n) is 2.30. The molecule has 1 N–H and O–H groups in total. The molecule has 3 heteroatoms. The fraction of sp³-hybridized carbons (Fsp3) is 0.909. The highest BCUT2D eigenvalue weighted by molar-refractivity contribution is 5.74. The van der Waals surface area contributed by atoms with Crippen LogP contribution < -0.4 is 0 Å². The van der Waals surface area contributed by atoms with Gasteiger partial charge in [0, 0.05) is 26.6 Å². The molecule has 0 aliphatic carbocycles. The Hall–Kier alpha value is -0.570. The van der Waals surface area contributed by atoms with E-state index in [2.05, 4.69) is 13.8 Å². The Labute approximate surface area is 86.1 Å². The van der Waals surface area contributed by atoms with Gasteiger partial charge >= 0.3 is 0 Å². The number of carbonyl (C=O) groups is 1. The van der Waals surface area contributed by atoms with Crippen LogP contribution in [0.25, 0.3) is 0 Å². The van der Waals surface area contributed by atoms with E-state index in [-0.39, 0.29) is 12.5 Å². The van der Waals surface area contributed by atoms with Crippen LogP contribution in [0.2, 0.25) is 0 Å². The molecule has 0 spiro atoms. The minimum atomic E-state index is 0.174. The van der Waals surface area contributed by atoms with E-state index < -0.39 is 0 Å². The predicted molar refractivity (Wildman–Crippen MR) is 55.8 cm³/mol. The van der Waals surface area contributed by atoms with Gasteiger partial charge in [0.2, 0.25) is 5.91 Å². The molecule has 1 atom stereocenters. The van der Waals surface area contributed by atoms with Crippen molar-refractivity contribution in [3.05, 3.63) is 0 Å². The average Bonchev–Trinajstić information content (AvgIpc) is 1.99. The van der Waals surface area contributed by atoms with E-state index in [1.165, 1.54) is 0 Å². The lowest BCUT2D eigenvalue weighted by atomic mass is 9.77. The Morgan fingerprint density at radius 2 is 2.07 bits per heavy atom. The molecule has 3 nitrogen and oxygen atoms in total. The molecule has 14 heavy (non-hydrogen) atoms. The minimum Gasteiger partial charge on any atom is -0.396 e. The molecular weight excluding hydrogens is 178 g/mol. The van der Waals surface area contributed by atoms with Gasteiger partial charge in [-0.05, 0) is 24.2 Å². The minimum absolute atomic E-state index is 0.174. The van der Waals surface area contributed by atoms with Crippen molar-refractivity contribution in [3.8, 4) is 0 Å². The topological polar surface area (TPSA) is 40.5 Å². The largest absolute Gasteiger partial charge is 0.396 e. The first-order valence-electron chi connectivity index (χ1n) is 5.42. The third kappa shape index (κ3) is 2.47. The van der Waals surface area contributed by atoms with Gasteiger partial charge in [-0.3, -0.25) is 4.79 Å². The molecule has 0 aromatic rings. The molecular formula is C11H21NO2. The van der Waals surface area contributed by atoms with E-state index >= 15 is 0 Å². The summed E-state index contributed by atoms with van der Waals surface area (Å²) in [4.78, 5) is 12.9. The van der Waals surface area contributed by atoms with Gasteiger partial charge < -0.3 is 10.0 Å². The Balaban J connectivity index is 2.38. The number of likely N-dealkylation sites (tertiary alicyclic amines) is 1. The monoisotopic (exact) mass is 199 g/mol. The summed E-state index contributed by atoms with van der Waals surface area (Å²) in [5.41, 5.74) is 0. The zero-order valence-corrected chi connectivity index (χ0v) is 9.36. The van der Waals surface area contributed by atoms with E-state index in [1.54, 1.807) is 6.92 Å². The quantitative estimate of drug-likeness (QED) is 0.737. The normalized spacial score (nSPS) is 19.6. The van der Waals surface area contributed by atoms with Crippen molar-refractivity contribution in [2.45, 2.75) is 27.2 Å². The summed E-state index contributed by atoms with van der Waals surface area (Å²) in [5, 5.41) is 8.95. The lowest BCUT2D eigenvalue weighted by Gasteiger charge is -2.44. The number of carbonyl (C=O) groups excluding carboxylic acids is 1. The van der Waals surface area contributed by atoms with Crippen LogP contribution in [-0.4, -0.2) is 35.6 Å². The second-order valence-corrected chi connectivity index (χ2v) is 4.60. The molecule has 1 heterocycles. The zero-order chi connectivity index (χ0) is 10.7. The number of hydrogen-bond donors (Lipinski definition) is 1. The number of hydrogen-bond acceptors (Lipinski definition) is 2. The van der Waals surface area contributed by atoms with Crippen LogP contribution in [0.3, 0.4) is 0 Å². The van der Waals surface area contributed by atoms with Gasteiger partial charge in [-0.2, -0.15) is 0 Å². The summed E-state index contributed by atoms with van der Waals surface area (Å²) in [5.74, 6) is 1.94. The number of aliphatic hydroxyl groups excluding tert-OH is 1. The second kappa shape index (κ2) is 4.78. The molecule has 0 saturated carbocycles. The summed E-state index contributed by atoms with van der Waals surface area (Å²) < 4.78 is 0. The molecule has 0 radical (unpaired) electrons. The van der Waals surface area contributed by atoms with Crippen LogP contribution in [0, 0.1) is 17.8 Å². The maximum absolute atomic E-state index is 11.0. The highest BCUT2D eigenvalue weighted by Gasteiger charge is 2.35. The number of aliphatic hydroxyl groups is 1. The van der Waals surface area contributed by atoms with Crippen molar-refractivity contribution in [1.82, 2.24) is 4.90 Å². The van der Waals surface area contributed by atoms with E-state index in [9.17, 15) is 4.79 Å². The van der Waals surface area contributed by atoms with Crippen molar-refractivity contribution in [1.29, 1.82) is 0 Å². The van der Waals surface area contributed by atoms with E-state index in [1.807, 2.05) is 4.90 Å². The van der Waals surface area contributed by atoms with Crippen LogP contribution in [0.1, 0.15) is 27.2 Å². The van der Waals surface area contributed by atoms with Gasteiger partial charge in [0.05, 0.1) is 0 Å². The number of amides is 1. The maximum Gasteiger partial charge on any atom is 0.219 e. The van der Waals surface area contributed by atoms with Crippen molar-refractivity contribution < 1.29 is 9.90 Å². The highest BCUT2D eigenvalue weighted by atomic mass is 16.3. The first-order chi connectivity index (χ1) is 6.56. The molecule has 0 aromatic heterocycles. The van der Waals surface area contributed by atoms with Gasteiger partial charge in [0.15, 0.2) is 0 Å². The average molecular weight is 199 g/mol. The standard InChI is InChI=1S/C11H21NO2/c1-8(2)11(4-5-13)10-6-12(7-10)9(3)14/h8,10-11,13H,4-7H2,1-3H3. The van der Waals surface area contributed by atoms with Crippen LogP contribution in [0.4, 0.5) is 0 Å². The molecule has 0 aromatic carbocycles. The van der Waals surface area contributed by atoms with E-state index in [0.29, 0.717) is 17.8 Å². The highest BCUT2D eigenvalue weighted by Crippen LogP contribution is 2.31. The van der Waals surface area contributed by atoms with Gasteiger partial charge in [0.1, 0.15) is 0 Å². The van der Waals surface area contributed by atoms with Gasteiger partial charge in [0.25, 0.3) is 0 Å². The Kier molecular flexibility index (Phi) is 3.93. The second-order valence-electron chi connectivity index (χ2n) is 4.60. The molecule has 82 valence electrons. The Morgan fingerprint density at radius 3 is 2.43 bits per heavy atom. The van der Waals surface area contributed by atoms with Crippen LogP contribution in [0.15, 0.2) is 0 Å². The first kappa shape index (κ1) is 11.5. The Bertz CT molecular complexity index is 197. The molecule has 1 aliphatic rings. The summed E-state index contributed by atoms with van der Waals surface area (Å²) in [6.45, 7) is 8.04. The molecule has 0 bridgehead atoms. The van der Waals surface area contributed by atoms with Crippen molar-refractivity contribution in [2.75, 3.05) is 19.7 Å². The predicted octanol–water partition coefficient (Wildman–Crippen LogP) is 1.12. The molecule has 1 rings (SSSR count). The number of nitrogens with zero attached hydrogens (tertiary/aromatic N) is 1. The third-order valence-electron chi connectivity index (χ3n) is 3.28. The summed E-state index contributed by atoms with van der Waals surface area (Å²) in [6, 6.07) is 0. The number of rotatable bonds is 4. The lowest BCUT2D eigenvalue weighted by molar-refractivity contribution is -0.137. The van der Waals surface area contributed by atoms with Crippen LogP contribution in [-0.2, 0) is 4.79 Å². The summed E-state index contributed by atoms with van der Waals surface area (Å²) in [7, 11) is 0. The van der Waals surface area contributed by atoms with E-state index in [4.69, 9.17) is 5.11 Å². The Morgan fingerprint density at radius 1 is 1.50 bits per heavy atom. The molecule has 1 fully saturated rings. The SMILES string of the molecule is CC(=O)N1CC(C(CCO)C(C)C)C1. The van der Waals surface area contributed by atoms with Crippen molar-refractivity contribution >= 4 is 5.91 Å². The first-order valence-corrected chi connectivity index (χ1v) is 5.42. The van der Waals surface area contributed by atoms with Crippen molar-refractivity contribution in [3.63, 3.8) is 0 Å². The molecule has 1 saturated heterocycles. The maximum atomic E-state index is 11.0. The van der Waals surface area contributed by atoms with Crippen LogP contribution >= 0.6 is 0 Å². The smallest absolute Gasteiger partial charge is 0.219 e. The summed E-state index contributed by atoms with van der Waals surface area (Å²) >= 11 is 0. The van der Waals surface area contributed by atoms with E-state index in [0.717, 1.165) is 19.5 Å². The van der Waals surface area contributed by atoms with Crippen molar-refractivity contribution in [2.24, 2.45) is 17.8 Å². The molecule has 1 unspecified atom stereocenters. The summed E-state index contributed by atoms with van der Waals surface area (Å²) in [6.07, 6.45) is 0.869. The van der Waals surface area contributed by atoms with Gasteiger partial charge in [-0.25, -0.2) is 0 Å². The zero-order valence-electron chi connectivity index (χ0n) is 9.36. The third-order valence-corrected chi connectivity index (χ3v) is 3.28. The van der Waals surface area contributed by atoms with Gasteiger partial charge in [-0.1, -0.05) is 13.8 Å². The molecule has 1 aliphatic heterocycles.